The van der Waals surface area contributed by atoms with Crippen LogP contribution in [-0.4, -0.2) is 62.9 Å². The number of amides is 1. The average Bonchev–Trinajstić information content (AvgIpc) is 3.03. The molecule has 2 rings (SSSR count). The highest BCUT2D eigenvalue weighted by Crippen LogP contribution is 2.30. The smallest absolute Gasteiger partial charge is 0.273 e. The molecule has 0 saturated carbocycles. The molecule has 0 spiro atoms. The number of thioether (sulfide) groups is 1. The van der Waals surface area contributed by atoms with Gasteiger partial charge < -0.3 is 15.2 Å². The van der Waals surface area contributed by atoms with Gasteiger partial charge in [0.05, 0.1) is 25.0 Å². The van der Waals surface area contributed by atoms with Crippen molar-refractivity contribution in [1.29, 1.82) is 0 Å². The topological polar surface area (TPSA) is 89.3 Å². The quantitative estimate of drug-likeness (QED) is 0.728. The van der Waals surface area contributed by atoms with E-state index in [1.165, 1.54) is 4.68 Å². The van der Waals surface area contributed by atoms with Gasteiger partial charge in [0.25, 0.3) is 5.91 Å². The summed E-state index contributed by atoms with van der Waals surface area (Å²) >= 11 is 1.79. The molecule has 1 fully saturated rings. The maximum Gasteiger partial charge on any atom is 0.273 e. The summed E-state index contributed by atoms with van der Waals surface area (Å²) in [5.74, 6) is 1.58. The highest BCUT2D eigenvalue weighted by Gasteiger charge is 2.35. The first-order chi connectivity index (χ1) is 9.15. The molecule has 1 aromatic rings. The summed E-state index contributed by atoms with van der Waals surface area (Å²) in [4.78, 5) is 11.9. The maximum absolute atomic E-state index is 11.9. The molecule has 19 heavy (non-hydrogen) atoms. The second-order valence-corrected chi connectivity index (χ2v) is 5.62. The fraction of sp³-hybridized carbons (Fsp3) is 0.727. The van der Waals surface area contributed by atoms with Gasteiger partial charge in [-0.2, -0.15) is 11.8 Å². The molecule has 1 aromatic heterocycles. The van der Waals surface area contributed by atoms with Crippen molar-refractivity contribution in [3.8, 4) is 0 Å². The van der Waals surface area contributed by atoms with Crippen LogP contribution in [0.4, 0.5) is 0 Å². The lowest BCUT2D eigenvalue weighted by Gasteiger charge is -2.28. The van der Waals surface area contributed by atoms with Crippen LogP contribution in [0.15, 0.2) is 6.20 Å². The van der Waals surface area contributed by atoms with Crippen molar-refractivity contribution in [2.45, 2.75) is 12.0 Å². The zero-order chi connectivity index (χ0) is 13.7. The highest BCUT2D eigenvalue weighted by atomic mass is 32.2. The van der Waals surface area contributed by atoms with Crippen LogP contribution >= 0.6 is 11.8 Å². The zero-order valence-corrected chi connectivity index (χ0v) is 11.7. The fourth-order valence-electron chi connectivity index (χ4n) is 1.94. The van der Waals surface area contributed by atoms with E-state index in [9.17, 15) is 4.79 Å². The third-order valence-corrected chi connectivity index (χ3v) is 4.20. The van der Waals surface area contributed by atoms with E-state index in [0.717, 1.165) is 17.9 Å². The van der Waals surface area contributed by atoms with Gasteiger partial charge in [-0.15, -0.1) is 5.10 Å². The number of aliphatic hydroxyl groups excluding tert-OH is 1. The summed E-state index contributed by atoms with van der Waals surface area (Å²) in [7, 11) is 1.71. The molecule has 1 aliphatic heterocycles. The van der Waals surface area contributed by atoms with Gasteiger partial charge in [-0.05, 0) is 12.2 Å². The van der Waals surface area contributed by atoms with E-state index >= 15 is 0 Å². The molecule has 2 heterocycles. The Balaban J connectivity index is 1.90. The predicted molar refractivity (Wildman–Crippen MR) is 71.0 cm³/mol. The molecule has 2 N–H and O–H groups in total. The molecule has 7 nitrogen and oxygen atoms in total. The van der Waals surface area contributed by atoms with Gasteiger partial charge in [0.15, 0.2) is 5.69 Å². The molecule has 0 radical (unpaired) electrons. The van der Waals surface area contributed by atoms with E-state index in [1.807, 2.05) is 0 Å². The lowest BCUT2D eigenvalue weighted by Crippen LogP contribution is -2.45. The molecule has 0 aliphatic carbocycles. The molecule has 1 saturated heterocycles. The van der Waals surface area contributed by atoms with E-state index in [-0.39, 0.29) is 18.1 Å². The van der Waals surface area contributed by atoms with Gasteiger partial charge in [0.2, 0.25) is 0 Å². The van der Waals surface area contributed by atoms with Gasteiger partial charge >= 0.3 is 0 Å². The van der Waals surface area contributed by atoms with Crippen LogP contribution in [0.5, 0.6) is 0 Å². The second-order valence-electron chi connectivity index (χ2n) is 4.52. The molecule has 106 valence electrons. The van der Waals surface area contributed by atoms with Crippen molar-refractivity contribution in [2.24, 2.45) is 7.05 Å². The molecule has 1 atom stereocenters. The maximum atomic E-state index is 11.9. The van der Waals surface area contributed by atoms with Crippen LogP contribution in [0.1, 0.15) is 16.9 Å². The third kappa shape index (κ3) is 3.68. The van der Waals surface area contributed by atoms with Gasteiger partial charge in [0, 0.05) is 19.3 Å². The largest absolute Gasteiger partial charge is 0.394 e. The Morgan fingerprint density at radius 1 is 1.74 bits per heavy atom. The number of carbonyl (C=O) groups excluding carboxylic acids is 1. The number of aliphatic hydroxyl groups is 1. The van der Waals surface area contributed by atoms with E-state index in [1.54, 1.807) is 25.0 Å². The van der Waals surface area contributed by atoms with Crippen LogP contribution in [-0.2, 0) is 11.8 Å². The van der Waals surface area contributed by atoms with Gasteiger partial charge in [-0.3, -0.25) is 9.48 Å². The van der Waals surface area contributed by atoms with Crippen molar-refractivity contribution in [3.05, 3.63) is 11.9 Å². The van der Waals surface area contributed by atoms with Crippen LogP contribution in [0, 0.1) is 0 Å². The monoisotopic (exact) mass is 286 g/mol. The number of hydrogen-bond acceptors (Lipinski definition) is 6. The number of rotatable bonds is 6. The molecular formula is C11H18N4O3S. The van der Waals surface area contributed by atoms with Crippen molar-refractivity contribution in [2.75, 3.05) is 31.3 Å². The van der Waals surface area contributed by atoms with Crippen molar-refractivity contribution in [3.63, 3.8) is 0 Å². The molecular weight excluding hydrogens is 268 g/mol. The van der Waals surface area contributed by atoms with E-state index in [4.69, 9.17) is 9.84 Å². The highest BCUT2D eigenvalue weighted by molar-refractivity contribution is 7.99. The lowest BCUT2D eigenvalue weighted by molar-refractivity contribution is -0.0378. The van der Waals surface area contributed by atoms with Gasteiger partial charge in [0.1, 0.15) is 0 Å². The predicted octanol–water partition coefficient (Wildman–Crippen LogP) is -0.570. The SMILES string of the molecule is Cn1cc(C(=O)NCC2(OCCO)CCSC2)nn1. The number of nitrogens with one attached hydrogen (secondary N) is 1. The van der Waals surface area contributed by atoms with Gasteiger partial charge in [-0.25, -0.2) is 0 Å². The Labute approximate surface area is 115 Å². The Morgan fingerprint density at radius 3 is 3.16 bits per heavy atom. The Kier molecular flexibility index (Phi) is 4.78. The summed E-state index contributed by atoms with van der Waals surface area (Å²) < 4.78 is 7.19. The summed E-state index contributed by atoms with van der Waals surface area (Å²) in [6, 6.07) is 0. The standard InChI is InChI=1S/C11H18N4O3S/c1-15-6-9(13-14-15)10(17)12-7-11(18-4-3-16)2-5-19-8-11/h6,16H,2-5,7-8H2,1H3,(H,12,17). The van der Waals surface area contributed by atoms with Crippen molar-refractivity contribution >= 4 is 17.7 Å². The minimum Gasteiger partial charge on any atom is -0.394 e. The molecule has 1 amide bonds. The Hall–Kier alpha value is -1.12. The van der Waals surface area contributed by atoms with Crippen LogP contribution in [0.3, 0.4) is 0 Å². The normalized spacial score (nSPS) is 22.6. The summed E-state index contributed by atoms with van der Waals surface area (Å²) in [5, 5.41) is 19.2. The van der Waals surface area contributed by atoms with Crippen molar-refractivity contribution < 1.29 is 14.6 Å². The molecule has 0 aromatic carbocycles. The summed E-state index contributed by atoms with van der Waals surface area (Å²) in [5.41, 5.74) is -0.0731. The molecule has 1 aliphatic rings. The Bertz CT molecular complexity index is 431. The number of nitrogens with zero attached hydrogens (tertiary/aromatic N) is 3. The van der Waals surface area contributed by atoms with Crippen molar-refractivity contribution in [1.82, 2.24) is 20.3 Å². The molecule has 0 bridgehead atoms. The first kappa shape index (κ1) is 14.3. The van der Waals surface area contributed by atoms with E-state index in [2.05, 4.69) is 15.6 Å². The number of carbonyl (C=O) groups is 1. The number of aryl methyl sites for hydroxylation is 1. The zero-order valence-electron chi connectivity index (χ0n) is 10.8. The van der Waals surface area contributed by atoms with Gasteiger partial charge in [-0.1, -0.05) is 5.21 Å². The number of ether oxygens (including phenoxy) is 1. The summed E-state index contributed by atoms with van der Waals surface area (Å²) in [6.07, 6.45) is 2.44. The van der Waals surface area contributed by atoms with Crippen LogP contribution in [0.2, 0.25) is 0 Å². The second kappa shape index (κ2) is 6.36. The third-order valence-electron chi connectivity index (χ3n) is 2.97. The average molecular weight is 286 g/mol. The minimum absolute atomic E-state index is 0.00940. The molecule has 8 heteroatoms. The molecule has 1 unspecified atom stereocenters. The van der Waals surface area contributed by atoms with Crippen LogP contribution in [0.25, 0.3) is 0 Å². The minimum atomic E-state index is -0.370. The first-order valence-electron chi connectivity index (χ1n) is 6.12. The Morgan fingerprint density at radius 2 is 2.58 bits per heavy atom. The van der Waals surface area contributed by atoms with E-state index < -0.39 is 0 Å². The van der Waals surface area contributed by atoms with Crippen LogP contribution < -0.4 is 5.32 Å². The first-order valence-corrected chi connectivity index (χ1v) is 7.28. The number of aromatic nitrogens is 3. The summed E-state index contributed by atoms with van der Waals surface area (Å²) in [6.45, 7) is 0.710. The fourth-order valence-corrected chi connectivity index (χ4v) is 3.30. The van der Waals surface area contributed by atoms with E-state index in [0.29, 0.717) is 18.8 Å². The number of hydrogen-bond donors (Lipinski definition) is 2. The lowest BCUT2D eigenvalue weighted by atomic mass is 10.0.